The molecular weight excluding hydrogens is 560 g/mol. The molecule has 0 spiro atoms. The van der Waals surface area contributed by atoms with E-state index in [2.05, 4.69) is 62.4 Å². The predicted molar refractivity (Wildman–Crippen MR) is 182 cm³/mol. The highest BCUT2D eigenvalue weighted by Gasteiger charge is 2.23. The predicted octanol–water partition coefficient (Wildman–Crippen LogP) is 9.08. The maximum atomic E-state index is 6.29. The Labute approximate surface area is 266 Å². The van der Waals surface area contributed by atoms with E-state index >= 15 is 0 Å². The van der Waals surface area contributed by atoms with Gasteiger partial charge in [-0.3, -0.25) is 0 Å². The molecule has 0 fully saturated rings. The standard InChI is InChI=1S/C39H42N2O4/c1-26-22-35(18-20-37(26)40)43-25-29-6-10-31(11-7-29)28(3)44-34-16-14-33(15-17-34)42-24-30-8-12-32(13-9-30)39(4,5)45-36-19-21-38(41)27(2)23-36/h6-23,28H,24-25,40-41H2,1-5H3. The number of rotatable bonds is 12. The molecule has 0 amide bonds. The number of hydrogen-bond acceptors (Lipinski definition) is 6. The van der Waals surface area contributed by atoms with Crippen LogP contribution in [0, 0.1) is 13.8 Å². The molecule has 0 aliphatic heterocycles. The summed E-state index contributed by atoms with van der Waals surface area (Å²) in [5.41, 5.74) is 19.2. The first-order chi connectivity index (χ1) is 21.6. The van der Waals surface area contributed by atoms with Crippen LogP contribution in [0.5, 0.6) is 23.0 Å². The van der Waals surface area contributed by atoms with Gasteiger partial charge in [-0.25, -0.2) is 0 Å². The Morgan fingerprint density at radius 1 is 0.578 bits per heavy atom. The minimum atomic E-state index is -0.497. The molecule has 0 aliphatic carbocycles. The minimum Gasteiger partial charge on any atom is -0.489 e. The molecule has 45 heavy (non-hydrogen) atoms. The largest absolute Gasteiger partial charge is 0.489 e. The van der Waals surface area contributed by atoms with E-state index < -0.39 is 5.60 Å². The Bertz CT molecular complexity index is 1710. The van der Waals surface area contributed by atoms with Crippen LogP contribution in [0.4, 0.5) is 11.4 Å². The molecule has 6 nitrogen and oxygen atoms in total. The Kier molecular flexibility index (Phi) is 9.53. The van der Waals surface area contributed by atoms with Gasteiger partial charge in [-0.15, -0.1) is 0 Å². The van der Waals surface area contributed by atoms with Crippen LogP contribution >= 0.6 is 0 Å². The summed E-state index contributed by atoms with van der Waals surface area (Å²) in [6, 6.07) is 35.8. The SMILES string of the molecule is Cc1cc(OCc2ccc(C(C)Oc3ccc(OCc4ccc(C(C)(C)Oc5ccc(N)c(C)c5)cc4)cc3)cc2)ccc1N. The molecule has 0 saturated carbocycles. The van der Waals surface area contributed by atoms with Crippen molar-refractivity contribution in [1.82, 2.24) is 0 Å². The number of aryl methyl sites for hydroxylation is 2. The van der Waals surface area contributed by atoms with Gasteiger partial charge < -0.3 is 30.4 Å². The van der Waals surface area contributed by atoms with Crippen LogP contribution in [0.15, 0.2) is 109 Å². The zero-order valence-electron chi connectivity index (χ0n) is 26.7. The summed E-state index contributed by atoms with van der Waals surface area (Å²) < 4.78 is 24.5. The molecule has 0 aliphatic rings. The molecule has 5 rings (SSSR count). The number of nitrogen functional groups attached to an aromatic ring is 2. The average molecular weight is 603 g/mol. The van der Waals surface area contributed by atoms with E-state index in [4.69, 9.17) is 30.4 Å². The monoisotopic (exact) mass is 602 g/mol. The summed E-state index contributed by atoms with van der Waals surface area (Å²) in [4.78, 5) is 0. The topological polar surface area (TPSA) is 89.0 Å². The van der Waals surface area contributed by atoms with E-state index in [9.17, 15) is 0 Å². The summed E-state index contributed by atoms with van der Waals surface area (Å²) in [6.07, 6.45) is -0.109. The quantitative estimate of drug-likeness (QED) is 0.139. The average Bonchev–Trinajstić information content (AvgIpc) is 3.03. The van der Waals surface area contributed by atoms with E-state index in [1.807, 2.05) is 81.4 Å². The first-order valence-corrected chi connectivity index (χ1v) is 15.2. The van der Waals surface area contributed by atoms with Gasteiger partial charge in [0.2, 0.25) is 0 Å². The highest BCUT2D eigenvalue weighted by atomic mass is 16.5. The lowest BCUT2D eigenvalue weighted by Gasteiger charge is -2.27. The second-order valence-electron chi connectivity index (χ2n) is 11.9. The van der Waals surface area contributed by atoms with Gasteiger partial charge in [0.25, 0.3) is 0 Å². The van der Waals surface area contributed by atoms with Crippen LogP contribution in [0.25, 0.3) is 0 Å². The molecule has 0 radical (unpaired) electrons. The van der Waals surface area contributed by atoms with E-state index in [1.165, 1.54) is 0 Å². The van der Waals surface area contributed by atoms with Crippen LogP contribution in [0.3, 0.4) is 0 Å². The number of nitrogens with two attached hydrogens (primary N) is 2. The van der Waals surface area contributed by atoms with E-state index in [0.717, 1.165) is 67.8 Å². The normalized spacial score (nSPS) is 11.9. The van der Waals surface area contributed by atoms with Crippen LogP contribution in [-0.4, -0.2) is 0 Å². The molecule has 6 heteroatoms. The first kappa shape index (κ1) is 31.3. The summed E-state index contributed by atoms with van der Waals surface area (Å²) in [7, 11) is 0. The van der Waals surface area contributed by atoms with Gasteiger partial charge in [0.1, 0.15) is 47.9 Å². The van der Waals surface area contributed by atoms with Crippen molar-refractivity contribution >= 4 is 11.4 Å². The lowest BCUT2D eigenvalue weighted by Crippen LogP contribution is -2.25. The smallest absolute Gasteiger partial charge is 0.128 e. The third kappa shape index (κ3) is 8.30. The van der Waals surface area contributed by atoms with Crippen molar-refractivity contribution in [2.24, 2.45) is 0 Å². The van der Waals surface area contributed by atoms with Crippen LogP contribution in [-0.2, 0) is 18.8 Å². The first-order valence-electron chi connectivity index (χ1n) is 15.2. The Morgan fingerprint density at radius 2 is 1.04 bits per heavy atom. The second-order valence-corrected chi connectivity index (χ2v) is 11.9. The summed E-state index contributed by atoms with van der Waals surface area (Å²) in [5, 5.41) is 0. The third-order valence-corrected chi connectivity index (χ3v) is 7.90. The maximum Gasteiger partial charge on any atom is 0.128 e. The van der Waals surface area contributed by atoms with Gasteiger partial charge in [-0.2, -0.15) is 0 Å². The molecule has 1 unspecified atom stereocenters. The zero-order valence-corrected chi connectivity index (χ0v) is 26.7. The van der Waals surface area contributed by atoms with Gasteiger partial charge in [-0.1, -0.05) is 48.5 Å². The third-order valence-electron chi connectivity index (χ3n) is 7.90. The second kappa shape index (κ2) is 13.7. The van der Waals surface area contributed by atoms with Gasteiger partial charge in [-0.05, 0) is 129 Å². The number of benzene rings is 5. The van der Waals surface area contributed by atoms with Crippen molar-refractivity contribution in [1.29, 1.82) is 0 Å². The number of hydrogen-bond donors (Lipinski definition) is 2. The highest BCUT2D eigenvalue weighted by Crippen LogP contribution is 2.30. The summed E-state index contributed by atoms with van der Waals surface area (Å²) >= 11 is 0. The maximum absolute atomic E-state index is 6.29. The van der Waals surface area contributed by atoms with Crippen LogP contribution in [0.1, 0.15) is 60.3 Å². The van der Waals surface area contributed by atoms with Gasteiger partial charge in [0.05, 0.1) is 0 Å². The van der Waals surface area contributed by atoms with Gasteiger partial charge in [0, 0.05) is 11.4 Å². The van der Waals surface area contributed by atoms with Crippen molar-refractivity contribution in [2.45, 2.75) is 59.5 Å². The fourth-order valence-corrected chi connectivity index (χ4v) is 4.91. The van der Waals surface area contributed by atoms with Crippen molar-refractivity contribution in [3.63, 3.8) is 0 Å². The fraction of sp³-hybridized carbons (Fsp3) is 0.231. The van der Waals surface area contributed by atoms with Crippen molar-refractivity contribution in [3.05, 3.63) is 143 Å². The summed E-state index contributed by atoms with van der Waals surface area (Å²) in [5.74, 6) is 3.17. The lowest BCUT2D eigenvalue weighted by molar-refractivity contribution is 0.109. The number of anilines is 2. The van der Waals surface area contributed by atoms with Gasteiger partial charge in [0.15, 0.2) is 0 Å². The molecule has 232 valence electrons. The molecule has 0 bridgehead atoms. The lowest BCUT2D eigenvalue weighted by atomic mass is 9.97. The zero-order chi connectivity index (χ0) is 32.0. The Morgan fingerprint density at radius 3 is 1.62 bits per heavy atom. The Balaban J connectivity index is 1.09. The highest BCUT2D eigenvalue weighted by molar-refractivity contribution is 5.50. The molecule has 0 aromatic heterocycles. The van der Waals surface area contributed by atoms with Crippen LogP contribution in [0.2, 0.25) is 0 Å². The molecule has 5 aromatic carbocycles. The number of ether oxygens (including phenoxy) is 4. The summed E-state index contributed by atoms with van der Waals surface area (Å²) in [6.45, 7) is 11.1. The molecule has 5 aromatic rings. The molecule has 0 saturated heterocycles. The Hall–Kier alpha value is -5.10. The van der Waals surface area contributed by atoms with Crippen molar-refractivity contribution in [2.75, 3.05) is 11.5 Å². The van der Waals surface area contributed by atoms with E-state index in [-0.39, 0.29) is 6.10 Å². The molecule has 0 heterocycles. The van der Waals surface area contributed by atoms with Crippen molar-refractivity contribution < 1.29 is 18.9 Å². The van der Waals surface area contributed by atoms with Crippen molar-refractivity contribution in [3.8, 4) is 23.0 Å². The van der Waals surface area contributed by atoms with Crippen LogP contribution < -0.4 is 30.4 Å². The molecule has 4 N–H and O–H groups in total. The molecular formula is C39H42N2O4. The van der Waals surface area contributed by atoms with Gasteiger partial charge >= 0.3 is 0 Å². The van der Waals surface area contributed by atoms with E-state index in [1.54, 1.807) is 0 Å². The van der Waals surface area contributed by atoms with E-state index in [0.29, 0.717) is 13.2 Å². The fourth-order valence-electron chi connectivity index (χ4n) is 4.91. The minimum absolute atomic E-state index is 0.109. The molecule has 1 atom stereocenters.